The van der Waals surface area contributed by atoms with E-state index in [1.165, 1.54) is 0 Å². The van der Waals surface area contributed by atoms with Gasteiger partial charge in [-0.05, 0) is 48.4 Å². The molecule has 0 saturated carbocycles. The molecule has 150 valence electrons. The maximum absolute atomic E-state index is 13.1. The maximum atomic E-state index is 13.1. The summed E-state index contributed by atoms with van der Waals surface area (Å²) >= 11 is 1.61. The zero-order chi connectivity index (χ0) is 20.4. The van der Waals surface area contributed by atoms with Crippen molar-refractivity contribution in [3.8, 4) is 11.8 Å². The lowest BCUT2D eigenvalue weighted by molar-refractivity contribution is -0.133. The number of nitrogens with one attached hydrogen (secondary N) is 1. The third-order valence-corrected chi connectivity index (χ3v) is 6.36. The number of β-amino-alcohol motifs (C(OH)–C–C–N with tert-alkyl or cyclic N) is 1. The molecule has 2 N–H and O–H groups in total. The summed E-state index contributed by atoms with van der Waals surface area (Å²) in [4.78, 5) is 27.9. The van der Waals surface area contributed by atoms with Gasteiger partial charge in [-0.25, -0.2) is 4.79 Å². The molecule has 1 spiro atoms. The molecule has 4 rings (SSSR count). The summed E-state index contributed by atoms with van der Waals surface area (Å²) in [5, 5.41) is 23.9. The third kappa shape index (κ3) is 3.59. The van der Waals surface area contributed by atoms with E-state index in [4.69, 9.17) is 10.00 Å². The highest BCUT2D eigenvalue weighted by Gasteiger charge is 2.54. The first-order chi connectivity index (χ1) is 14.0. The summed E-state index contributed by atoms with van der Waals surface area (Å²) in [6.07, 6.45) is 1.63. The van der Waals surface area contributed by atoms with Crippen LogP contribution in [-0.2, 0) is 23.2 Å². The first kappa shape index (κ1) is 19.4. The number of rotatable bonds is 6. The van der Waals surface area contributed by atoms with Crippen molar-refractivity contribution in [1.29, 1.82) is 5.26 Å². The quantitative estimate of drug-likeness (QED) is 0.711. The molecule has 3 amide bonds. The van der Waals surface area contributed by atoms with Crippen molar-refractivity contribution in [3.05, 3.63) is 51.7 Å². The van der Waals surface area contributed by atoms with Gasteiger partial charge in [0.15, 0.2) is 0 Å². The number of fused-ring (bicyclic) bond motifs is 2. The number of imide groups is 1. The number of nitriles is 1. The largest absolute Gasteiger partial charge is 0.491 e. The Morgan fingerprint density at radius 3 is 2.86 bits per heavy atom. The fourth-order valence-corrected chi connectivity index (χ4v) is 4.96. The number of aliphatic hydroxyl groups is 1. The van der Waals surface area contributed by atoms with E-state index in [1.807, 2.05) is 11.4 Å². The van der Waals surface area contributed by atoms with Crippen molar-refractivity contribution in [2.75, 3.05) is 13.2 Å². The lowest BCUT2D eigenvalue weighted by Crippen LogP contribution is -2.46. The summed E-state index contributed by atoms with van der Waals surface area (Å²) < 4.78 is 5.56. The van der Waals surface area contributed by atoms with E-state index in [-0.39, 0.29) is 19.1 Å². The van der Waals surface area contributed by atoms with Gasteiger partial charge in [-0.3, -0.25) is 9.69 Å². The minimum Gasteiger partial charge on any atom is -0.491 e. The fraction of sp³-hybridized carbons (Fsp3) is 0.381. The summed E-state index contributed by atoms with van der Waals surface area (Å²) in [6, 6.07) is 10.5. The van der Waals surface area contributed by atoms with E-state index < -0.39 is 17.7 Å². The Kier molecular flexibility index (Phi) is 5.26. The molecule has 1 aliphatic carbocycles. The number of carbonyl (C=O) groups is 2. The van der Waals surface area contributed by atoms with Crippen LogP contribution in [0, 0.1) is 11.3 Å². The minimum atomic E-state index is -1.01. The lowest BCUT2D eigenvalue weighted by atomic mass is 9.80. The van der Waals surface area contributed by atoms with Crippen molar-refractivity contribution >= 4 is 23.3 Å². The molecule has 0 bridgehead atoms. The Bertz CT molecular complexity index is 965. The number of aryl methyl sites for hydroxylation is 1. The molecule has 0 radical (unpaired) electrons. The number of benzene rings is 1. The molecule has 2 heterocycles. The van der Waals surface area contributed by atoms with Crippen LogP contribution in [0.4, 0.5) is 4.79 Å². The Hall–Kier alpha value is -2.89. The first-order valence-electron chi connectivity index (χ1n) is 9.51. The minimum absolute atomic E-state index is 0.0502. The molecule has 29 heavy (non-hydrogen) atoms. The van der Waals surface area contributed by atoms with Crippen LogP contribution in [0.15, 0.2) is 35.7 Å². The topological polar surface area (TPSA) is 103 Å². The maximum Gasteiger partial charge on any atom is 0.325 e. The predicted molar refractivity (Wildman–Crippen MR) is 106 cm³/mol. The fourth-order valence-electron chi connectivity index (χ4n) is 3.96. The molecule has 8 heteroatoms. The number of amides is 3. The van der Waals surface area contributed by atoms with E-state index in [0.717, 1.165) is 33.7 Å². The van der Waals surface area contributed by atoms with Gasteiger partial charge in [0.25, 0.3) is 5.91 Å². The van der Waals surface area contributed by atoms with Crippen molar-refractivity contribution in [1.82, 2.24) is 10.2 Å². The summed E-state index contributed by atoms with van der Waals surface area (Å²) in [5.41, 5.74) is 0.769. The summed E-state index contributed by atoms with van der Waals surface area (Å²) in [7, 11) is 0. The second kappa shape index (κ2) is 7.85. The monoisotopic (exact) mass is 411 g/mol. The Balaban J connectivity index is 1.39. The molecular weight excluding hydrogens is 390 g/mol. The molecule has 1 aromatic carbocycles. The number of nitrogens with zero attached hydrogens (tertiary/aromatic N) is 2. The van der Waals surface area contributed by atoms with E-state index in [2.05, 4.69) is 11.4 Å². The van der Waals surface area contributed by atoms with Crippen LogP contribution in [0.25, 0.3) is 0 Å². The number of thiophene rings is 1. The predicted octanol–water partition coefficient (Wildman–Crippen LogP) is 2.34. The van der Waals surface area contributed by atoms with Crippen molar-refractivity contribution < 1.29 is 19.4 Å². The van der Waals surface area contributed by atoms with Crippen molar-refractivity contribution in [3.63, 3.8) is 0 Å². The van der Waals surface area contributed by atoms with Gasteiger partial charge in [0.2, 0.25) is 0 Å². The third-order valence-electron chi connectivity index (χ3n) is 5.38. The number of hydrogen-bond donors (Lipinski definition) is 2. The van der Waals surface area contributed by atoms with Crippen LogP contribution in [0.5, 0.6) is 5.75 Å². The molecule has 2 aliphatic rings. The highest BCUT2D eigenvalue weighted by atomic mass is 32.1. The molecule has 2 aromatic rings. The highest BCUT2D eigenvalue weighted by Crippen LogP contribution is 2.42. The summed E-state index contributed by atoms with van der Waals surface area (Å²) in [5.74, 6) is 0.247. The second-order valence-corrected chi connectivity index (χ2v) is 8.31. The number of hydrogen-bond acceptors (Lipinski definition) is 6. The Labute approximate surface area is 172 Å². The van der Waals surface area contributed by atoms with Gasteiger partial charge >= 0.3 is 6.03 Å². The Morgan fingerprint density at radius 2 is 2.10 bits per heavy atom. The van der Waals surface area contributed by atoms with Crippen LogP contribution < -0.4 is 10.1 Å². The molecule has 0 unspecified atom stereocenters. The molecule has 7 nitrogen and oxygen atoms in total. The van der Waals surface area contributed by atoms with E-state index >= 15 is 0 Å². The zero-order valence-corrected chi connectivity index (χ0v) is 16.6. The number of ether oxygens (including phenoxy) is 1. The number of urea groups is 1. The van der Waals surface area contributed by atoms with Gasteiger partial charge in [0.05, 0.1) is 19.0 Å². The Morgan fingerprint density at radius 1 is 1.31 bits per heavy atom. The van der Waals surface area contributed by atoms with Crippen molar-refractivity contribution in [2.24, 2.45) is 0 Å². The average molecular weight is 411 g/mol. The van der Waals surface area contributed by atoms with Gasteiger partial charge in [-0.2, -0.15) is 5.26 Å². The van der Waals surface area contributed by atoms with Crippen LogP contribution >= 0.6 is 11.3 Å². The normalized spacial score (nSPS) is 21.6. The number of carbonyl (C=O) groups excluding carboxylic acids is 2. The smallest absolute Gasteiger partial charge is 0.325 e. The summed E-state index contributed by atoms with van der Waals surface area (Å²) in [6.45, 7) is -0.177. The van der Waals surface area contributed by atoms with Crippen LogP contribution in [-0.4, -0.2) is 41.2 Å². The molecule has 1 aromatic heterocycles. The van der Waals surface area contributed by atoms with Crippen LogP contribution in [0.2, 0.25) is 0 Å². The zero-order valence-electron chi connectivity index (χ0n) is 15.8. The molecule has 2 atom stereocenters. The van der Waals surface area contributed by atoms with E-state index in [9.17, 15) is 14.7 Å². The lowest BCUT2D eigenvalue weighted by Gasteiger charge is -2.31. The van der Waals surface area contributed by atoms with E-state index in [0.29, 0.717) is 18.6 Å². The molecule has 1 fully saturated rings. The van der Waals surface area contributed by atoms with Gasteiger partial charge < -0.3 is 15.2 Å². The van der Waals surface area contributed by atoms with Gasteiger partial charge in [-0.1, -0.05) is 12.1 Å². The van der Waals surface area contributed by atoms with Crippen LogP contribution in [0.3, 0.4) is 0 Å². The number of aliphatic hydroxyl groups excluding tert-OH is 1. The first-order valence-corrected chi connectivity index (χ1v) is 10.4. The highest BCUT2D eigenvalue weighted by molar-refractivity contribution is 7.10. The van der Waals surface area contributed by atoms with Crippen LogP contribution in [0.1, 0.15) is 28.8 Å². The van der Waals surface area contributed by atoms with Crippen molar-refractivity contribution in [2.45, 2.75) is 37.3 Å². The van der Waals surface area contributed by atoms with Gasteiger partial charge in [0, 0.05) is 10.4 Å². The average Bonchev–Trinajstić information content (AvgIpc) is 3.28. The molecule has 1 aliphatic heterocycles. The van der Waals surface area contributed by atoms with E-state index in [1.54, 1.807) is 35.6 Å². The standard InChI is InChI=1S/C21H21N3O4S/c22-10-7-14-3-5-16(6-4-14)28-13-15(25)12-24-19(26)21(23-20(24)27)9-1-2-18-17(21)8-11-29-18/h3-6,8,11,15,25H,1-2,7,9,12-13H2,(H,23,27)/t15-,21+/m0/s1. The molecule has 1 saturated heterocycles. The van der Waals surface area contributed by atoms with Gasteiger partial charge in [0.1, 0.15) is 24.0 Å². The molecular formula is C21H21N3O4S. The second-order valence-electron chi connectivity index (χ2n) is 7.31. The van der Waals surface area contributed by atoms with Gasteiger partial charge in [-0.15, -0.1) is 11.3 Å². The SMILES string of the molecule is N#CCc1ccc(OC[C@@H](O)CN2C(=O)N[C@@]3(CCCc4sccc43)C2=O)cc1.